The maximum atomic E-state index is 5.83. The number of guanidine groups is 1. The van der Waals surface area contributed by atoms with E-state index < -0.39 is 0 Å². The Hall–Kier alpha value is -2.55. The van der Waals surface area contributed by atoms with Crippen LogP contribution in [0.5, 0.6) is 5.75 Å². The molecule has 6 nitrogen and oxygen atoms in total. The molecule has 0 amide bonds. The summed E-state index contributed by atoms with van der Waals surface area (Å²) in [5.74, 6) is 1.64. The molecule has 0 spiro atoms. The Morgan fingerprint density at radius 2 is 1.76 bits per heavy atom. The number of hydrogen-bond donors (Lipinski definition) is 2. The van der Waals surface area contributed by atoms with E-state index in [1.54, 1.807) is 6.20 Å². The predicted molar refractivity (Wildman–Crippen MR) is 127 cm³/mol. The average Bonchev–Trinajstić information content (AvgIpc) is 3.15. The van der Waals surface area contributed by atoms with Crippen LogP contribution >= 0.6 is 24.0 Å². The highest BCUT2D eigenvalue weighted by Crippen LogP contribution is 2.14. The molecule has 0 saturated carbocycles. The second kappa shape index (κ2) is 12.1. The van der Waals surface area contributed by atoms with Gasteiger partial charge in [0.15, 0.2) is 5.96 Å². The number of nitrogens with zero attached hydrogens (tertiary/aromatic N) is 3. The van der Waals surface area contributed by atoms with Gasteiger partial charge in [0, 0.05) is 19.8 Å². The van der Waals surface area contributed by atoms with Gasteiger partial charge in [0.2, 0.25) is 0 Å². The first-order valence-corrected chi connectivity index (χ1v) is 9.49. The molecule has 2 N–H and O–H groups in total. The summed E-state index contributed by atoms with van der Waals surface area (Å²) in [5.41, 5.74) is 3.39. The van der Waals surface area contributed by atoms with Crippen molar-refractivity contribution in [3.63, 3.8) is 0 Å². The molecule has 3 aromatic rings. The minimum atomic E-state index is 0. The fraction of sp³-hybridized carbons (Fsp3) is 0.273. The van der Waals surface area contributed by atoms with E-state index in [4.69, 9.17) is 4.74 Å². The molecule has 1 heterocycles. The van der Waals surface area contributed by atoms with Crippen LogP contribution in [-0.2, 0) is 26.7 Å². The van der Waals surface area contributed by atoms with Gasteiger partial charge in [0.05, 0.1) is 18.8 Å². The van der Waals surface area contributed by atoms with Gasteiger partial charge in [-0.25, -0.2) is 4.99 Å². The lowest BCUT2D eigenvalue weighted by Gasteiger charge is -2.11. The monoisotopic (exact) mass is 505 g/mol. The van der Waals surface area contributed by atoms with Gasteiger partial charge >= 0.3 is 0 Å². The van der Waals surface area contributed by atoms with Crippen molar-refractivity contribution in [3.05, 3.63) is 83.7 Å². The lowest BCUT2D eigenvalue weighted by Crippen LogP contribution is -2.37. The zero-order valence-corrected chi connectivity index (χ0v) is 19.2. The van der Waals surface area contributed by atoms with Crippen molar-refractivity contribution in [2.45, 2.75) is 26.6 Å². The molecule has 0 aliphatic heterocycles. The lowest BCUT2D eigenvalue weighted by molar-refractivity contribution is 0.306. The van der Waals surface area contributed by atoms with Gasteiger partial charge in [-0.1, -0.05) is 42.5 Å². The molecule has 2 aromatic carbocycles. The Morgan fingerprint density at radius 1 is 1.00 bits per heavy atom. The number of halogens is 1. The summed E-state index contributed by atoms with van der Waals surface area (Å²) in [5, 5.41) is 10.8. The van der Waals surface area contributed by atoms with Crippen LogP contribution in [0.1, 0.15) is 23.7 Å². The van der Waals surface area contributed by atoms with Crippen molar-refractivity contribution in [2.75, 3.05) is 6.54 Å². The molecule has 0 radical (unpaired) electrons. The maximum absolute atomic E-state index is 5.83. The highest BCUT2D eigenvalue weighted by molar-refractivity contribution is 14.0. The Morgan fingerprint density at radius 3 is 2.41 bits per heavy atom. The van der Waals surface area contributed by atoms with Crippen molar-refractivity contribution in [2.24, 2.45) is 12.0 Å². The maximum Gasteiger partial charge on any atom is 0.191 e. The predicted octanol–water partition coefficient (Wildman–Crippen LogP) is 3.87. The first kappa shape index (κ1) is 22.7. The Kier molecular flexibility index (Phi) is 9.49. The summed E-state index contributed by atoms with van der Waals surface area (Å²) in [6.07, 6.45) is 1.79. The van der Waals surface area contributed by atoms with E-state index in [-0.39, 0.29) is 24.0 Å². The average molecular weight is 505 g/mol. The van der Waals surface area contributed by atoms with Crippen LogP contribution < -0.4 is 15.4 Å². The topological polar surface area (TPSA) is 63.5 Å². The minimum absolute atomic E-state index is 0. The zero-order chi connectivity index (χ0) is 19.6. The van der Waals surface area contributed by atoms with Crippen molar-refractivity contribution in [1.29, 1.82) is 0 Å². The lowest BCUT2D eigenvalue weighted by atomic mass is 10.2. The normalized spacial score (nSPS) is 10.9. The van der Waals surface area contributed by atoms with E-state index >= 15 is 0 Å². The third-order valence-electron chi connectivity index (χ3n) is 4.30. The molecule has 7 heteroatoms. The Bertz CT molecular complexity index is 878. The molecule has 0 bridgehead atoms. The van der Waals surface area contributed by atoms with Crippen molar-refractivity contribution in [1.82, 2.24) is 20.4 Å². The Labute approximate surface area is 189 Å². The molecule has 0 saturated heterocycles. The Balaban J connectivity index is 0.00000300. The van der Waals surface area contributed by atoms with E-state index in [0.29, 0.717) is 19.7 Å². The molecule has 3 rings (SSSR count). The summed E-state index contributed by atoms with van der Waals surface area (Å²) in [6.45, 7) is 4.71. The molecule has 29 heavy (non-hydrogen) atoms. The second-order valence-electron chi connectivity index (χ2n) is 6.41. The fourth-order valence-electron chi connectivity index (χ4n) is 2.69. The van der Waals surface area contributed by atoms with Gasteiger partial charge in [0.25, 0.3) is 0 Å². The van der Waals surface area contributed by atoms with E-state index in [0.717, 1.165) is 35.1 Å². The van der Waals surface area contributed by atoms with Crippen LogP contribution in [0.2, 0.25) is 0 Å². The molecule has 1 aromatic heterocycles. The van der Waals surface area contributed by atoms with E-state index in [9.17, 15) is 0 Å². The van der Waals surface area contributed by atoms with Crippen molar-refractivity contribution in [3.8, 4) is 5.75 Å². The second-order valence-corrected chi connectivity index (χ2v) is 6.41. The number of benzene rings is 2. The quantitative estimate of drug-likeness (QED) is 0.277. The van der Waals surface area contributed by atoms with Crippen LogP contribution in [0.4, 0.5) is 0 Å². The molecular weight excluding hydrogens is 477 g/mol. The number of aryl methyl sites for hydroxylation is 1. The SMILES string of the molecule is CCNC(=NCc1ccc(OCc2ccccc2)cc1)NCc1ccnn1C.I. The van der Waals surface area contributed by atoms with Gasteiger partial charge in [-0.05, 0) is 36.2 Å². The highest BCUT2D eigenvalue weighted by Gasteiger charge is 2.02. The van der Waals surface area contributed by atoms with Crippen LogP contribution in [0.15, 0.2) is 71.9 Å². The molecule has 0 unspecified atom stereocenters. The first-order valence-electron chi connectivity index (χ1n) is 9.49. The highest BCUT2D eigenvalue weighted by atomic mass is 127. The van der Waals surface area contributed by atoms with E-state index in [2.05, 4.69) is 51.9 Å². The molecule has 0 fully saturated rings. The number of aromatic nitrogens is 2. The summed E-state index contributed by atoms with van der Waals surface area (Å²) in [7, 11) is 1.93. The van der Waals surface area contributed by atoms with Gasteiger partial charge in [-0.3, -0.25) is 4.68 Å². The summed E-state index contributed by atoms with van der Waals surface area (Å²) >= 11 is 0. The van der Waals surface area contributed by atoms with Gasteiger partial charge < -0.3 is 15.4 Å². The van der Waals surface area contributed by atoms with Gasteiger partial charge in [-0.15, -0.1) is 24.0 Å². The zero-order valence-electron chi connectivity index (χ0n) is 16.8. The number of nitrogens with one attached hydrogen (secondary N) is 2. The van der Waals surface area contributed by atoms with Crippen molar-refractivity contribution >= 4 is 29.9 Å². The van der Waals surface area contributed by atoms with E-state index in [1.807, 2.05) is 48.1 Å². The fourth-order valence-corrected chi connectivity index (χ4v) is 2.69. The van der Waals surface area contributed by atoms with Crippen LogP contribution in [0.3, 0.4) is 0 Å². The number of hydrogen-bond acceptors (Lipinski definition) is 3. The first-order chi connectivity index (χ1) is 13.7. The number of rotatable bonds is 8. The van der Waals surface area contributed by atoms with Crippen LogP contribution in [-0.4, -0.2) is 22.3 Å². The van der Waals surface area contributed by atoms with Gasteiger partial charge in [-0.2, -0.15) is 5.10 Å². The largest absolute Gasteiger partial charge is 0.489 e. The summed E-state index contributed by atoms with van der Waals surface area (Å²) in [4.78, 5) is 4.66. The minimum Gasteiger partial charge on any atom is -0.489 e. The molecule has 0 aliphatic carbocycles. The number of ether oxygens (including phenoxy) is 1. The molecule has 0 aliphatic rings. The third kappa shape index (κ3) is 7.41. The van der Waals surface area contributed by atoms with Crippen LogP contribution in [0.25, 0.3) is 0 Å². The third-order valence-corrected chi connectivity index (χ3v) is 4.30. The molecule has 0 atom stereocenters. The number of aliphatic imine (C=N–C) groups is 1. The standard InChI is InChI=1S/C22H27N5O.HI/c1-3-23-22(25-16-20-13-14-26-27(20)2)24-15-18-9-11-21(12-10-18)28-17-19-7-5-4-6-8-19;/h4-14H,3,15-17H2,1-2H3,(H2,23,24,25);1H. The summed E-state index contributed by atoms with van der Waals surface area (Å²) in [6, 6.07) is 20.2. The summed E-state index contributed by atoms with van der Waals surface area (Å²) < 4.78 is 7.69. The smallest absolute Gasteiger partial charge is 0.191 e. The van der Waals surface area contributed by atoms with Gasteiger partial charge in [0.1, 0.15) is 12.4 Å². The van der Waals surface area contributed by atoms with Crippen molar-refractivity contribution < 1.29 is 4.74 Å². The molecular formula is C22H28IN5O. The molecule has 154 valence electrons. The van der Waals surface area contributed by atoms with Crippen LogP contribution in [0, 0.1) is 0 Å². The van der Waals surface area contributed by atoms with E-state index in [1.165, 1.54) is 0 Å².